The fourth-order valence-corrected chi connectivity index (χ4v) is 2.85. The largest absolute Gasteiger partial charge is 0.356 e. The van der Waals surface area contributed by atoms with Crippen molar-refractivity contribution in [3.05, 3.63) is 23.9 Å². The van der Waals surface area contributed by atoms with Gasteiger partial charge in [-0.05, 0) is 45.7 Å². The van der Waals surface area contributed by atoms with Gasteiger partial charge in [0.15, 0.2) is 5.96 Å². The zero-order valence-electron chi connectivity index (χ0n) is 16.6. The average molecular weight is 361 g/mol. The number of nitrogens with zero attached hydrogens (tertiary/aromatic N) is 4. The molecule has 1 aromatic heterocycles. The van der Waals surface area contributed by atoms with E-state index in [1.165, 1.54) is 0 Å². The van der Waals surface area contributed by atoms with Gasteiger partial charge in [-0.2, -0.15) is 0 Å². The fraction of sp³-hybridized carbons (Fsp3) is 0.632. The number of piperidine rings is 1. The van der Waals surface area contributed by atoms with Gasteiger partial charge in [0, 0.05) is 45.0 Å². The Kier molecular flexibility index (Phi) is 7.24. The summed E-state index contributed by atoms with van der Waals surface area (Å²) in [5.74, 6) is 1.76. The summed E-state index contributed by atoms with van der Waals surface area (Å²) in [6.07, 6.45) is 2.02. The summed E-state index contributed by atoms with van der Waals surface area (Å²) in [6.45, 7) is 8.22. The molecule has 7 heteroatoms. The van der Waals surface area contributed by atoms with Crippen molar-refractivity contribution in [1.29, 1.82) is 0 Å². The van der Waals surface area contributed by atoms with Gasteiger partial charge in [0.2, 0.25) is 5.91 Å². The lowest BCUT2D eigenvalue weighted by molar-refractivity contribution is -0.127. The van der Waals surface area contributed by atoms with Crippen LogP contribution in [0.25, 0.3) is 0 Å². The molecule has 0 saturated carbocycles. The number of pyridine rings is 1. The highest BCUT2D eigenvalue weighted by Gasteiger charge is 2.21. The van der Waals surface area contributed by atoms with Crippen LogP contribution in [0.5, 0.6) is 0 Å². The van der Waals surface area contributed by atoms with Crippen LogP contribution in [0, 0.1) is 6.92 Å². The van der Waals surface area contributed by atoms with Gasteiger partial charge in [0.25, 0.3) is 0 Å². The molecule has 0 spiro atoms. The van der Waals surface area contributed by atoms with E-state index in [0.29, 0.717) is 12.0 Å². The van der Waals surface area contributed by atoms with Gasteiger partial charge >= 0.3 is 0 Å². The molecule has 0 radical (unpaired) electrons. The molecule has 0 aromatic carbocycles. The van der Waals surface area contributed by atoms with E-state index in [-0.39, 0.29) is 18.5 Å². The molecule has 7 nitrogen and oxygen atoms in total. The van der Waals surface area contributed by atoms with E-state index in [2.05, 4.69) is 51.5 Å². The van der Waals surface area contributed by atoms with Crippen LogP contribution in [-0.4, -0.2) is 67.6 Å². The number of carbonyl (C=O) groups is 1. The van der Waals surface area contributed by atoms with E-state index in [4.69, 9.17) is 0 Å². The van der Waals surface area contributed by atoms with Crippen molar-refractivity contribution in [2.75, 3.05) is 38.6 Å². The lowest BCUT2D eigenvalue weighted by atomic mass is 10.1. The van der Waals surface area contributed by atoms with Crippen LogP contribution in [-0.2, 0) is 4.79 Å². The Morgan fingerprint density at radius 1 is 1.35 bits per heavy atom. The SMILES string of the molecule is Cc1cccc(N2CCC(NC(=NCC(=O)N(C)C)NC(C)C)CC2)n1. The molecule has 2 N–H and O–H groups in total. The Labute approximate surface area is 156 Å². The number of aromatic nitrogens is 1. The first-order valence-corrected chi connectivity index (χ1v) is 9.31. The van der Waals surface area contributed by atoms with Crippen LogP contribution in [0.2, 0.25) is 0 Å². The third kappa shape index (κ3) is 6.20. The quantitative estimate of drug-likeness (QED) is 0.613. The van der Waals surface area contributed by atoms with Crippen molar-refractivity contribution >= 4 is 17.7 Å². The molecule has 2 heterocycles. The maximum Gasteiger partial charge on any atom is 0.243 e. The monoisotopic (exact) mass is 360 g/mol. The average Bonchev–Trinajstić information content (AvgIpc) is 2.59. The number of guanidine groups is 1. The topological polar surface area (TPSA) is 72.9 Å². The predicted molar refractivity (Wildman–Crippen MR) is 107 cm³/mol. The first kappa shape index (κ1) is 20.0. The number of carbonyl (C=O) groups excluding carboxylic acids is 1. The van der Waals surface area contributed by atoms with E-state index in [9.17, 15) is 4.79 Å². The molecule has 1 aromatic rings. The summed E-state index contributed by atoms with van der Waals surface area (Å²) in [4.78, 5) is 24.7. The Bertz CT molecular complexity index is 620. The highest BCUT2D eigenvalue weighted by atomic mass is 16.2. The van der Waals surface area contributed by atoms with Crippen LogP contribution in [0.4, 0.5) is 5.82 Å². The lowest BCUT2D eigenvalue weighted by Crippen LogP contribution is -2.50. The minimum atomic E-state index is -0.00445. The molecule has 1 fully saturated rings. The number of likely N-dealkylation sites (N-methyl/N-ethyl adjacent to an activating group) is 1. The lowest BCUT2D eigenvalue weighted by Gasteiger charge is -2.34. The zero-order chi connectivity index (χ0) is 19.1. The summed E-state index contributed by atoms with van der Waals surface area (Å²) in [5, 5.41) is 6.80. The van der Waals surface area contributed by atoms with Crippen LogP contribution in [0.3, 0.4) is 0 Å². The van der Waals surface area contributed by atoms with E-state index in [1.807, 2.05) is 13.0 Å². The normalized spacial score (nSPS) is 15.9. The molecule has 144 valence electrons. The van der Waals surface area contributed by atoms with E-state index in [1.54, 1.807) is 19.0 Å². The molecule has 0 bridgehead atoms. The number of aliphatic imine (C=N–C) groups is 1. The summed E-state index contributed by atoms with van der Waals surface area (Å²) in [6, 6.07) is 6.75. The van der Waals surface area contributed by atoms with Crippen LogP contribution >= 0.6 is 0 Å². The first-order valence-electron chi connectivity index (χ1n) is 9.31. The fourth-order valence-electron chi connectivity index (χ4n) is 2.85. The number of aryl methyl sites for hydroxylation is 1. The maximum absolute atomic E-state index is 11.8. The summed E-state index contributed by atoms with van der Waals surface area (Å²) in [5.41, 5.74) is 1.05. The van der Waals surface area contributed by atoms with Gasteiger partial charge in [0.05, 0.1) is 0 Å². The van der Waals surface area contributed by atoms with Crippen molar-refractivity contribution in [2.45, 2.75) is 45.7 Å². The van der Waals surface area contributed by atoms with Gasteiger partial charge in [-0.15, -0.1) is 0 Å². The Balaban J connectivity index is 1.91. The molecular formula is C19H32N6O. The summed E-state index contributed by atoms with van der Waals surface area (Å²) < 4.78 is 0. The van der Waals surface area contributed by atoms with Gasteiger partial charge < -0.3 is 20.4 Å². The second-order valence-electron chi connectivity index (χ2n) is 7.29. The van der Waals surface area contributed by atoms with E-state index >= 15 is 0 Å². The Morgan fingerprint density at radius 2 is 2.04 bits per heavy atom. The molecule has 1 aliphatic rings. The molecular weight excluding hydrogens is 328 g/mol. The third-order valence-corrected chi connectivity index (χ3v) is 4.33. The molecule has 1 saturated heterocycles. The standard InChI is InChI=1S/C19H32N6O/c1-14(2)21-19(20-13-18(26)24(4)5)23-16-9-11-25(12-10-16)17-8-6-7-15(3)22-17/h6-8,14,16H,9-13H2,1-5H3,(H2,20,21,23). The number of hydrogen-bond acceptors (Lipinski definition) is 4. The molecule has 1 aliphatic heterocycles. The third-order valence-electron chi connectivity index (χ3n) is 4.33. The summed E-state index contributed by atoms with van der Waals surface area (Å²) in [7, 11) is 3.49. The maximum atomic E-state index is 11.8. The Morgan fingerprint density at radius 3 is 2.62 bits per heavy atom. The van der Waals surface area contributed by atoms with Crippen molar-refractivity contribution in [3.63, 3.8) is 0 Å². The highest BCUT2D eigenvalue weighted by molar-refractivity contribution is 5.85. The Hall–Kier alpha value is -2.31. The number of hydrogen-bond donors (Lipinski definition) is 2. The number of rotatable bonds is 5. The minimum Gasteiger partial charge on any atom is -0.356 e. The van der Waals surface area contributed by atoms with Crippen molar-refractivity contribution in [1.82, 2.24) is 20.5 Å². The number of amides is 1. The molecule has 0 aliphatic carbocycles. The van der Waals surface area contributed by atoms with Crippen LogP contribution in [0.15, 0.2) is 23.2 Å². The minimum absolute atomic E-state index is 0.00445. The van der Waals surface area contributed by atoms with Crippen LogP contribution < -0.4 is 15.5 Å². The second kappa shape index (κ2) is 9.40. The first-order chi connectivity index (χ1) is 12.3. The highest BCUT2D eigenvalue weighted by Crippen LogP contribution is 2.18. The number of nitrogens with one attached hydrogen (secondary N) is 2. The van der Waals surface area contributed by atoms with Gasteiger partial charge in [0.1, 0.15) is 12.4 Å². The smallest absolute Gasteiger partial charge is 0.243 e. The molecule has 1 amide bonds. The predicted octanol–water partition coefficient (Wildman–Crippen LogP) is 1.39. The van der Waals surface area contributed by atoms with Crippen molar-refractivity contribution < 1.29 is 4.79 Å². The molecule has 0 unspecified atom stereocenters. The second-order valence-corrected chi connectivity index (χ2v) is 7.29. The van der Waals surface area contributed by atoms with Crippen LogP contribution in [0.1, 0.15) is 32.4 Å². The molecule has 2 rings (SSSR count). The van der Waals surface area contributed by atoms with Crippen molar-refractivity contribution in [3.8, 4) is 0 Å². The summed E-state index contributed by atoms with van der Waals surface area (Å²) >= 11 is 0. The van der Waals surface area contributed by atoms with Crippen molar-refractivity contribution in [2.24, 2.45) is 4.99 Å². The van der Waals surface area contributed by atoms with Gasteiger partial charge in [-0.3, -0.25) is 4.79 Å². The van der Waals surface area contributed by atoms with Gasteiger partial charge in [-0.1, -0.05) is 6.07 Å². The molecule has 0 atom stereocenters. The zero-order valence-corrected chi connectivity index (χ0v) is 16.6. The van der Waals surface area contributed by atoms with Gasteiger partial charge in [-0.25, -0.2) is 9.98 Å². The van der Waals surface area contributed by atoms with E-state index in [0.717, 1.165) is 37.4 Å². The number of anilines is 1. The molecule has 26 heavy (non-hydrogen) atoms. The van der Waals surface area contributed by atoms with E-state index < -0.39 is 0 Å².